The predicted molar refractivity (Wildman–Crippen MR) is 154 cm³/mol. The highest BCUT2D eigenvalue weighted by molar-refractivity contribution is 7.12. The molecule has 1 atom stereocenters. The number of rotatable bonds is 7. The van der Waals surface area contributed by atoms with Crippen molar-refractivity contribution in [1.29, 1.82) is 0 Å². The molecule has 8 nitrogen and oxygen atoms in total. The molecule has 1 N–H and O–H groups in total. The average Bonchev–Trinajstić information content (AvgIpc) is 3.54. The van der Waals surface area contributed by atoms with Crippen LogP contribution in [0.25, 0.3) is 0 Å². The van der Waals surface area contributed by atoms with Gasteiger partial charge in [-0.2, -0.15) is 0 Å². The van der Waals surface area contributed by atoms with Gasteiger partial charge in [0.05, 0.1) is 29.6 Å². The number of ether oxygens (including phenoxy) is 1. The van der Waals surface area contributed by atoms with E-state index >= 15 is 0 Å². The number of hydrogen-bond donors (Lipinski definition) is 1. The molecule has 204 valence electrons. The number of thiophene rings is 1. The second-order valence-electron chi connectivity index (χ2n) is 9.75. The van der Waals surface area contributed by atoms with Gasteiger partial charge in [0.2, 0.25) is 5.91 Å². The zero-order valence-corrected chi connectivity index (χ0v) is 23.0. The number of nitrogens with zero attached hydrogens (tertiary/aromatic N) is 3. The highest BCUT2D eigenvalue weighted by Crippen LogP contribution is 2.29. The van der Waals surface area contributed by atoms with E-state index in [1.165, 1.54) is 11.3 Å². The molecular weight excluding hydrogens is 512 g/mol. The van der Waals surface area contributed by atoms with E-state index < -0.39 is 0 Å². The van der Waals surface area contributed by atoms with Crippen LogP contribution >= 0.6 is 11.3 Å². The Hall–Kier alpha value is -3.69. The maximum absolute atomic E-state index is 13.7. The first-order valence-corrected chi connectivity index (χ1v) is 14.4. The summed E-state index contributed by atoms with van der Waals surface area (Å²) in [7, 11) is 0. The van der Waals surface area contributed by atoms with Crippen LogP contribution in [-0.4, -0.2) is 80.0 Å². The molecule has 2 aromatic carbocycles. The molecule has 0 radical (unpaired) electrons. The third-order valence-corrected chi connectivity index (χ3v) is 8.24. The number of amides is 3. The smallest absolute Gasteiger partial charge is 0.265 e. The monoisotopic (exact) mass is 546 g/mol. The fraction of sp³-hybridized carbons (Fsp3) is 0.367. The molecule has 0 bridgehead atoms. The lowest BCUT2D eigenvalue weighted by molar-refractivity contribution is -0.133. The Balaban J connectivity index is 1.33. The highest BCUT2D eigenvalue weighted by Gasteiger charge is 2.30. The molecule has 9 heteroatoms. The second kappa shape index (κ2) is 12.4. The molecule has 5 rings (SSSR count). The van der Waals surface area contributed by atoms with Gasteiger partial charge < -0.3 is 24.8 Å². The van der Waals surface area contributed by atoms with Crippen LogP contribution in [0.5, 0.6) is 0 Å². The SMILES string of the molecule is CCC(C(=O)N1CCN(c2ccc(NC(=O)c3cccs3)cc2C(=O)N2CCOCC2)CC1)c1ccccc1. The van der Waals surface area contributed by atoms with Crippen molar-refractivity contribution in [3.63, 3.8) is 0 Å². The summed E-state index contributed by atoms with van der Waals surface area (Å²) in [5.74, 6) is -0.269. The molecule has 1 unspecified atom stereocenters. The van der Waals surface area contributed by atoms with Crippen LogP contribution in [0.2, 0.25) is 0 Å². The first-order valence-electron chi connectivity index (χ1n) is 13.5. The van der Waals surface area contributed by atoms with Crippen molar-refractivity contribution >= 4 is 40.4 Å². The van der Waals surface area contributed by atoms with Gasteiger partial charge in [0.25, 0.3) is 11.8 Å². The highest BCUT2D eigenvalue weighted by atomic mass is 32.1. The van der Waals surface area contributed by atoms with Crippen molar-refractivity contribution in [2.45, 2.75) is 19.3 Å². The molecule has 2 aliphatic heterocycles. The van der Waals surface area contributed by atoms with Gasteiger partial charge in [-0.05, 0) is 41.6 Å². The molecule has 0 saturated carbocycles. The Morgan fingerprint density at radius 1 is 0.897 bits per heavy atom. The van der Waals surface area contributed by atoms with E-state index in [-0.39, 0.29) is 23.6 Å². The summed E-state index contributed by atoms with van der Waals surface area (Å²) in [5, 5.41) is 4.79. The van der Waals surface area contributed by atoms with Crippen LogP contribution in [0.4, 0.5) is 11.4 Å². The molecule has 2 fully saturated rings. The maximum atomic E-state index is 13.7. The van der Waals surface area contributed by atoms with Gasteiger partial charge in [-0.25, -0.2) is 0 Å². The Morgan fingerprint density at radius 2 is 1.64 bits per heavy atom. The fourth-order valence-electron chi connectivity index (χ4n) is 5.22. The number of hydrogen-bond acceptors (Lipinski definition) is 6. The van der Waals surface area contributed by atoms with Gasteiger partial charge in [0.1, 0.15) is 0 Å². The molecule has 1 aromatic heterocycles. The van der Waals surface area contributed by atoms with E-state index in [1.807, 2.05) is 65.7 Å². The third kappa shape index (κ3) is 6.15. The first-order chi connectivity index (χ1) is 19.0. The number of morpholine rings is 1. The number of piperazine rings is 1. The Labute approximate surface area is 233 Å². The minimum atomic E-state index is -0.196. The van der Waals surface area contributed by atoms with Crippen molar-refractivity contribution in [3.8, 4) is 0 Å². The minimum Gasteiger partial charge on any atom is -0.378 e. The summed E-state index contributed by atoms with van der Waals surface area (Å²) in [6.07, 6.45) is 0.750. The normalized spacial score (nSPS) is 16.6. The second-order valence-corrected chi connectivity index (χ2v) is 10.7. The van der Waals surface area contributed by atoms with Gasteiger partial charge in [0.15, 0.2) is 0 Å². The lowest BCUT2D eigenvalue weighted by atomic mass is 9.94. The van der Waals surface area contributed by atoms with E-state index in [9.17, 15) is 14.4 Å². The summed E-state index contributed by atoms with van der Waals surface area (Å²) in [6, 6.07) is 19.1. The minimum absolute atomic E-state index is 0.0749. The van der Waals surface area contributed by atoms with Crippen LogP contribution in [0.15, 0.2) is 66.0 Å². The zero-order chi connectivity index (χ0) is 27.2. The quantitative estimate of drug-likeness (QED) is 0.478. The van der Waals surface area contributed by atoms with Gasteiger partial charge in [-0.15, -0.1) is 11.3 Å². The summed E-state index contributed by atoms with van der Waals surface area (Å²) < 4.78 is 5.45. The Kier molecular flexibility index (Phi) is 8.58. The van der Waals surface area contributed by atoms with Gasteiger partial charge in [-0.1, -0.05) is 43.3 Å². The van der Waals surface area contributed by atoms with Gasteiger partial charge in [-0.3, -0.25) is 14.4 Å². The van der Waals surface area contributed by atoms with E-state index in [4.69, 9.17) is 4.74 Å². The van der Waals surface area contributed by atoms with Crippen LogP contribution in [0, 0.1) is 0 Å². The number of benzene rings is 2. The molecule has 0 spiro atoms. The first kappa shape index (κ1) is 26.9. The molecule has 2 saturated heterocycles. The van der Waals surface area contributed by atoms with Crippen LogP contribution in [0.1, 0.15) is 44.9 Å². The van der Waals surface area contributed by atoms with Crippen molar-refractivity contribution in [2.75, 3.05) is 62.7 Å². The molecular formula is C30H34N4O4S. The van der Waals surface area contributed by atoms with E-state index in [1.54, 1.807) is 17.0 Å². The lowest BCUT2D eigenvalue weighted by Crippen LogP contribution is -2.50. The third-order valence-electron chi connectivity index (χ3n) is 7.37. The van der Waals surface area contributed by atoms with Crippen molar-refractivity contribution in [3.05, 3.63) is 82.0 Å². The van der Waals surface area contributed by atoms with Crippen molar-refractivity contribution in [2.24, 2.45) is 0 Å². The van der Waals surface area contributed by atoms with Gasteiger partial charge in [0, 0.05) is 50.6 Å². The maximum Gasteiger partial charge on any atom is 0.265 e. The number of nitrogens with one attached hydrogen (secondary N) is 1. The van der Waals surface area contributed by atoms with Crippen molar-refractivity contribution < 1.29 is 19.1 Å². The number of carbonyl (C=O) groups is 3. The van der Waals surface area contributed by atoms with E-state index in [0.717, 1.165) is 17.7 Å². The largest absolute Gasteiger partial charge is 0.378 e. The summed E-state index contributed by atoms with van der Waals surface area (Å²) in [5.41, 5.74) is 3.00. The van der Waals surface area contributed by atoms with E-state index in [0.29, 0.717) is 68.6 Å². The number of anilines is 2. The molecule has 2 aliphatic rings. The van der Waals surface area contributed by atoms with Crippen LogP contribution < -0.4 is 10.2 Å². The van der Waals surface area contributed by atoms with Gasteiger partial charge >= 0.3 is 0 Å². The molecule has 39 heavy (non-hydrogen) atoms. The molecule has 0 aliphatic carbocycles. The Bertz CT molecular complexity index is 1280. The predicted octanol–water partition coefficient (Wildman–Crippen LogP) is 4.32. The zero-order valence-electron chi connectivity index (χ0n) is 22.2. The molecule has 3 heterocycles. The summed E-state index contributed by atoms with van der Waals surface area (Å²) in [4.78, 5) is 46.2. The fourth-order valence-corrected chi connectivity index (χ4v) is 5.84. The summed E-state index contributed by atoms with van der Waals surface area (Å²) in [6.45, 7) is 6.56. The van der Waals surface area contributed by atoms with E-state index in [2.05, 4.69) is 10.2 Å². The Morgan fingerprint density at radius 3 is 2.31 bits per heavy atom. The average molecular weight is 547 g/mol. The topological polar surface area (TPSA) is 82.2 Å². The van der Waals surface area contributed by atoms with Crippen LogP contribution in [0.3, 0.4) is 0 Å². The lowest BCUT2D eigenvalue weighted by Gasteiger charge is -2.38. The summed E-state index contributed by atoms with van der Waals surface area (Å²) >= 11 is 1.37. The van der Waals surface area contributed by atoms with Crippen molar-refractivity contribution in [1.82, 2.24) is 9.80 Å². The van der Waals surface area contributed by atoms with Crippen LogP contribution in [-0.2, 0) is 9.53 Å². The standard InChI is InChI=1S/C30H34N4O4S/c1-2-24(22-7-4-3-5-8-22)29(36)33-14-12-32(13-15-33)26-11-10-23(31-28(35)27-9-6-20-39-27)21-25(26)30(37)34-16-18-38-19-17-34/h3-11,20-21,24H,2,12-19H2,1H3,(H,31,35). The number of carbonyl (C=O) groups excluding carboxylic acids is 3. The molecule has 3 amide bonds. The molecule has 3 aromatic rings.